The maximum Gasteiger partial charge on any atom is 0.259 e. The summed E-state index contributed by atoms with van der Waals surface area (Å²) >= 11 is 0. The van der Waals surface area contributed by atoms with E-state index in [9.17, 15) is 14.0 Å². The van der Waals surface area contributed by atoms with Gasteiger partial charge in [-0.05, 0) is 81.2 Å². The number of carbonyl (C=O) groups is 2. The Labute approximate surface area is 192 Å². The van der Waals surface area contributed by atoms with Gasteiger partial charge in [-0.3, -0.25) is 9.59 Å². The van der Waals surface area contributed by atoms with Crippen LogP contribution in [-0.4, -0.2) is 46.1 Å². The van der Waals surface area contributed by atoms with E-state index in [0.717, 1.165) is 38.9 Å². The Kier molecular flexibility index (Phi) is 6.84. The number of hydrogen-bond donors (Lipinski definition) is 2. The van der Waals surface area contributed by atoms with Crippen LogP contribution in [0, 0.1) is 18.7 Å². The van der Waals surface area contributed by atoms with E-state index in [4.69, 9.17) is 5.73 Å². The molecule has 3 N–H and O–H groups in total. The lowest BCUT2D eigenvalue weighted by molar-refractivity contribution is -0.123. The molecule has 33 heavy (non-hydrogen) atoms. The van der Waals surface area contributed by atoms with E-state index in [1.165, 1.54) is 23.9 Å². The second-order valence-corrected chi connectivity index (χ2v) is 8.45. The molecule has 172 valence electrons. The predicted molar refractivity (Wildman–Crippen MR) is 125 cm³/mol. The third kappa shape index (κ3) is 5.46. The van der Waals surface area contributed by atoms with E-state index in [1.54, 1.807) is 23.7 Å². The molecule has 1 aliphatic heterocycles. The summed E-state index contributed by atoms with van der Waals surface area (Å²) in [5.41, 5.74) is 9.12. The van der Waals surface area contributed by atoms with Crippen molar-refractivity contribution < 1.29 is 14.0 Å². The average molecular weight is 450 g/mol. The molecule has 0 radical (unpaired) electrons. The summed E-state index contributed by atoms with van der Waals surface area (Å²) in [7, 11) is 0. The molecular formula is C25H28FN5O2. The van der Waals surface area contributed by atoms with E-state index in [-0.39, 0.29) is 23.5 Å². The molecule has 7 nitrogen and oxygen atoms in total. The zero-order chi connectivity index (χ0) is 23.4. The topological polar surface area (TPSA) is 93.2 Å². The minimum Gasteiger partial charge on any atom is -0.369 e. The lowest BCUT2D eigenvalue weighted by atomic mass is 9.96. The van der Waals surface area contributed by atoms with E-state index in [0.29, 0.717) is 22.6 Å². The fourth-order valence-corrected chi connectivity index (χ4v) is 4.16. The van der Waals surface area contributed by atoms with Crippen LogP contribution >= 0.6 is 0 Å². The molecule has 0 atom stereocenters. The van der Waals surface area contributed by atoms with Crippen molar-refractivity contribution in [3.8, 4) is 5.69 Å². The minimum absolute atomic E-state index is 0.00979. The first-order valence-electron chi connectivity index (χ1n) is 11.1. The van der Waals surface area contributed by atoms with Crippen molar-refractivity contribution in [2.75, 3.05) is 25.0 Å². The van der Waals surface area contributed by atoms with Crippen molar-refractivity contribution in [3.05, 3.63) is 77.4 Å². The molecule has 1 aromatic heterocycles. The summed E-state index contributed by atoms with van der Waals surface area (Å²) in [6, 6.07) is 13.8. The van der Waals surface area contributed by atoms with Crippen LogP contribution in [-0.2, 0) is 11.2 Å². The van der Waals surface area contributed by atoms with Crippen LogP contribution in [0.4, 0.5) is 10.1 Å². The fraction of sp³-hybridized carbons (Fsp3) is 0.320. The molecule has 0 unspecified atom stereocenters. The lowest BCUT2D eigenvalue weighted by Gasteiger charge is -2.30. The van der Waals surface area contributed by atoms with Gasteiger partial charge in [0.25, 0.3) is 5.91 Å². The lowest BCUT2D eigenvalue weighted by Crippen LogP contribution is -2.39. The normalized spacial score (nSPS) is 14.8. The molecule has 3 aromatic rings. The number of nitrogens with one attached hydrogen (secondary N) is 1. The van der Waals surface area contributed by atoms with Crippen molar-refractivity contribution in [3.63, 3.8) is 0 Å². The highest BCUT2D eigenvalue weighted by molar-refractivity contribution is 6.05. The number of nitrogens with two attached hydrogens (primary N) is 1. The quantitative estimate of drug-likeness (QED) is 0.579. The molecule has 0 bridgehead atoms. The zero-order valence-electron chi connectivity index (χ0n) is 18.6. The van der Waals surface area contributed by atoms with Gasteiger partial charge < -0.3 is 16.0 Å². The van der Waals surface area contributed by atoms with Crippen LogP contribution in [0.3, 0.4) is 0 Å². The molecule has 0 aliphatic carbocycles. The summed E-state index contributed by atoms with van der Waals surface area (Å²) in [6.07, 6.45) is 4.08. The smallest absolute Gasteiger partial charge is 0.259 e. The van der Waals surface area contributed by atoms with Crippen molar-refractivity contribution >= 4 is 17.5 Å². The number of hydrogen-bond acceptors (Lipinski definition) is 4. The van der Waals surface area contributed by atoms with Gasteiger partial charge in [0.05, 0.1) is 23.1 Å². The average Bonchev–Trinajstić information content (AvgIpc) is 3.21. The number of piperidine rings is 1. The van der Waals surface area contributed by atoms with Crippen LogP contribution in [0.1, 0.15) is 34.5 Å². The first kappa shape index (κ1) is 22.7. The third-order valence-corrected chi connectivity index (χ3v) is 6.24. The van der Waals surface area contributed by atoms with Gasteiger partial charge in [0.2, 0.25) is 5.91 Å². The number of benzene rings is 2. The summed E-state index contributed by atoms with van der Waals surface area (Å²) in [6.45, 7) is 4.53. The van der Waals surface area contributed by atoms with Crippen molar-refractivity contribution in [1.82, 2.24) is 14.7 Å². The van der Waals surface area contributed by atoms with Crippen LogP contribution in [0.15, 0.2) is 54.7 Å². The number of nitrogens with zero attached hydrogens (tertiary/aromatic N) is 3. The van der Waals surface area contributed by atoms with Gasteiger partial charge in [-0.15, -0.1) is 0 Å². The molecule has 2 aromatic carbocycles. The molecule has 8 heteroatoms. The van der Waals surface area contributed by atoms with Crippen molar-refractivity contribution in [1.29, 1.82) is 0 Å². The molecular weight excluding hydrogens is 421 g/mol. The standard InChI is InChI=1S/C25H28FN5O2/c1-17-23(16-28-31(17)22-8-4-20(26)5-9-22)25(33)29-21-6-2-18(3-7-21)10-13-30-14-11-19(12-15-30)24(27)32/h2-9,16,19H,10-15H2,1H3,(H2,27,32)(H,29,33). The molecule has 1 aliphatic rings. The largest absolute Gasteiger partial charge is 0.369 e. The van der Waals surface area contributed by atoms with Gasteiger partial charge in [-0.1, -0.05) is 12.1 Å². The van der Waals surface area contributed by atoms with Crippen molar-refractivity contribution in [2.45, 2.75) is 26.2 Å². The van der Waals surface area contributed by atoms with Gasteiger partial charge in [0.1, 0.15) is 5.82 Å². The first-order valence-corrected chi connectivity index (χ1v) is 11.1. The SMILES string of the molecule is Cc1c(C(=O)Nc2ccc(CCN3CCC(C(N)=O)CC3)cc2)cnn1-c1ccc(F)cc1. The summed E-state index contributed by atoms with van der Waals surface area (Å²) < 4.78 is 14.8. The molecule has 2 amide bonds. The Morgan fingerprint density at radius 1 is 1.09 bits per heavy atom. The minimum atomic E-state index is -0.322. The summed E-state index contributed by atoms with van der Waals surface area (Å²) in [4.78, 5) is 26.4. The molecule has 2 heterocycles. The number of halogens is 1. The summed E-state index contributed by atoms with van der Waals surface area (Å²) in [5.74, 6) is -0.746. The highest BCUT2D eigenvalue weighted by atomic mass is 19.1. The number of rotatable bonds is 7. The molecule has 1 fully saturated rings. The monoisotopic (exact) mass is 449 g/mol. The Morgan fingerprint density at radius 2 is 1.76 bits per heavy atom. The molecule has 0 saturated carbocycles. The first-order chi connectivity index (χ1) is 15.9. The second kappa shape index (κ2) is 9.95. The summed E-state index contributed by atoms with van der Waals surface area (Å²) in [5, 5.41) is 7.19. The zero-order valence-corrected chi connectivity index (χ0v) is 18.6. The second-order valence-electron chi connectivity index (χ2n) is 8.45. The Morgan fingerprint density at radius 3 is 2.39 bits per heavy atom. The number of anilines is 1. The Balaban J connectivity index is 1.31. The van der Waals surface area contributed by atoms with Crippen LogP contribution in [0.2, 0.25) is 0 Å². The van der Waals surface area contributed by atoms with Gasteiger partial charge >= 0.3 is 0 Å². The number of primary amides is 1. The maximum absolute atomic E-state index is 13.2. The van der Waals surface area contributed by atoms with Crippen LogP contribution < -0.4 is 11.1 Å². The van der Waals surface area contributed by atoms with Crippen LogP contribution in [0.5, 0.6) is 0 Å². The van der Waals surface area contributed by atoms with E-state index in [2.05, 4.69) is 15.3 Å². The predicted octanol–water partition coefficient (Wildman–Crippen LogP) is 3.31. The van der Waals surface area contributed by atoms with E-state index < -0.39 is 0 Å². The number of aromatic nitrogens is 2. The van der Waals surface area contributed by atoms with Gasteiger partial charge in [0, 0.05) is 18.2 Å². The van der Waals surface area contributed by atoms with E-state index >= 15 is 0 Å². The Hall–Kier alpha value is -3.52. The highest BCUT2D eigenvalue weighted by Gasteiger charge is 2.22. The number of carbonyl (C=O) groups excluding carboxylic acids is 2. The number of likely N-dealkylation sites (tertiary alicyclic amines) is 1. The van der Waals surface area contributed by atoms with Crippen molar-refractivity contribution in [2.24, 2.45) is 11.7 Å². The van der Waals surface area contributed by atoms with E-state index in [1.807, 2.05) is 24.3 Å². The fourth-order valence-electron chi connectivity index (χ4n) is 4.16. The number of amides is 2. The maximum atomic E-state index is 13.2. The highest BCUT2D eigenvalue weighted by Crippen LogP contribution is 2.19. The van der Waals surface area contributed by atoms with Gasteiger partial charge in [-0.25, -0.2) is 9.07 Å². The molecule has 4 rings (SSSR count). The molecule has 1 saturated heterocycles. The third-order valence-electron chi connectivity index (χ3n) is 6.24. The Bertz CT molecular complexity index is 1120. The van der Waals surface area contributed by atoms with Gasteiger partial charge in [0.15, 0.2) is 0 Å². The van der Waals surface area contributed by atoms with Gasteiger partial charge in [-0.2, -0.15) is 5.10 Å². The van der Waals surface area contributed by atoms with Crippen LogP contribution in [0.25, 0.3) is 5.69 Å². The molecule has 0 spiro atoms.